The Morgan fingerprint density at radius 1 is 0.125 bits per heavy atom. The Bertz CT molecular complexity index is 12100. The molecule has 0 spiro atoms. The maximum Gasteiger partial charge on any atom is 0.136 e. The normalized spacial score (nSPS) is 14.5. The second kappa shape index (κ2) is 35.9. The molecular formula is C142H90O2. The Balaban J connectivity index is 0.000000111. The number of furan rings is 2. The molecule has 0 unspecified atom stereocenters. The summed E-state index contributed by atoms with van der Waals surface area (Å²) in [6.45, 7) is 0. The predicted molar refractivity (Wildman–Crippen MR) is 617 cm³/mol. The SMILES string of the molecule is [2H]c1c([2H])c([2H])c2c(-c3ccc4oc5cc6ccccc6cc5c4c3)c3c([2H])c([2H])c([2H])c([2H])c3c(-c3ccccc3)c2c1[2H].[2H]c1c([2H])c([2H])c2c([2H])c(-c3c4c([2H])c([2H])c([2H])c([2H])c4c(-c4c([2H])c([2H])c([2H])c5c([2H])c([2H])c([2H])c([2H])c45)c4c([2H])c([2H])c([2H])c([2H])c34)c([2H])c([2H])c2c1[2H].c1ccc(-c2c3ccccc3c(-c3ccc4oc5cc6ccccc6cc5c4c3)c3ccccc23)cc1.c1ccc(-c2ccc(-c3c4ccccc4c(-c4ccccc4)c4ccccc34)c3ccccc23)cc1. The number of hydrogen-bond acceptors (Lipinski definition) is 2. The smallest absolute Gasteiger partial charge is 0.136 e. The minimum atomic E-state index is -0.915. The van der Waals surface area contributed by atoms with Gasteiger partial charge in [0.2, 0.25) is 0 Å². The lowest BCUT2D eigenvalue weighted by molar-refractivity contribution is 0.669. The standard InChI is InChI=1S/2C36H22O.C36H24.C34H22/c2*1-2-10-23(11-3-1)35-27-14-6-8-16-29(27)36(30-17-9-7-15-28(30)35)26-18-19-33-31(21-26)32-20-24-12-4-5-13-25(24)22-34(32)37-33;1-3-13-25(14-4-1)27-23-24-34(29-18-8-7-17-28(27)29)36-32-21-11-9-19-30(32)35(26-15-5-2-6-16-26)31-20-10-12-22-33(31)36;1-2-12-25-22-26(21-20-23(25)10-1)33-29-15-5-7-17-31(29)34(32-18-8-6-16-30(32)33)28-19-9-13-24-11-3-4-14-27(24)28/h2*1-22H;1-24H;1-22H/i6D,7D,8D,9D,14D,15D,16D,17D;;;1D,2D,3D,4D,5D,6D,7D,8D,9D,10D,11D,12D,13D,14D,15D,16D,17D,18D,19D,20D,21D,22D. The van der Waals surface area contributed by atoms with Crippen molar-refractivity contribution in [2.75, 3.05) is 0 Å². The van der Waals surface area contributed by atoms with Gasteiger partial charge in [-0.15, -0.1) is 0 Å². The van der Waals surface area contributed by atoms with Crippen molar-refractivity contribution in [1.29, 1.82) is 0 Å². The molecule has 0 atom stereocenters. The lowest BCUT2D eigenvalue weighted by atomic mass is 9.84. The zero-order chi connectivity index (χ0) is 121. The number of rotatable bonds is 9. The molecule has 0 saturated heterocycles. The first-order valence-electron chi connectivity index (χ1n) is 62.2. The van der Waals surface area contributed by atoms with Gasteiger partial charge < -0.3 is 8.83 Å². The van der Waals surface area contributed by atoms with E-state index in [0.29, 0.717) is 33.4 Å². The molecule has 30 aromatic rings. The van der Waals surface area contributed by atoms with E-state index in [1.54, 1.807) is 36.4 Å². The van der Waals surface area contributed by atoms with Crippen LogP contribution in [0, 0.1) is 0 Å². The van der Waals surface area contributed by atoms with E-state index in [0.717, 1.165) is 43.5 Å². The highest BCUT2D eigenvalue weighted by molar-refractivity contribution is 6.29. The summed E-state index contributed by atoms with van der Waals surface area (Å²) in [6, 6.07) is 105. The Morgan fingerprint density at radius 2 is 0.403 bits per heavy atom. The van der Waals surface area contributed by atoms with Gasteiger partial charge in [-0.25, -0.2) is 0 Å². The number of fused-ring (bicyclic) bond motifs is 19. The first-order chi connectivity index (χ1) is 84.0. The molecule has 0 aliphatic carbocycles. The highest BCUT2D eigenvalue weighted by Gasteiger charge is 2.26. The molecular weight excluding hydrogens is 1740 g/mol. The number of hydrogen-bond donors (Lipinski definition) is 0. The zero-order valence-electron chi connectivity index (χ0n) is 106. The van der Waals surface area contributed by atoms with Crippen LogP contribution in [-0.2, 0) is 0 Å². The van der Waals surface area contributed by atoms with E-state index in [1.807, 2.05) is 48.5 Å². The van der Waals surface area contributed by atoms with Crippen molar-refractivity contribution in [3.63, 3.8) is 0 Å². The van der Waals surface area contributed by atoms with E-state index in [-0.39, 0.29) is 45.7 Å². The molecule has 2 heterocycles. The summed E-state index contributed by atoms with van der Waals surface area (Å²) >= 11 is 0. The van der Waals surface area contributed by atoms with Gasteiger partial charge in [0.1, 0.15) is 22.3 Å². The van der Waals surface area contributed by atoms with E-state index in [9.17, 15) is 6.85 Å². The molecule has 144 heavy (non-hydrogen) atoms. The van der Waals surface area contributed by atoms with Gasteiger partial charge in [0.15, 0.2) is 0 Å². The molecule has 0 fully saturated rings. The first kappa shape index (κ1) is 58.8. The van der Waals surface area contributed by atoms with Gasteiger partial charge in [0.25, 0.3) is 0 Å². The summed E-state index contributed by atoms with van der Waals surface area (Å²) in [5.74, 6) is 0. The van der Waals surface area contributed by atoms with Crippen molar-refractivity contribution in [2.24, 2.45) is 0 Å². The molecule has 0 aliphatic rings. The third-order valence-electron chi connectivity index (χ3n) is 27.4. The van der Waals surface area contributed by atoms with Crippen LogP contribution < -0.4 is 0 Å². The second-order valence-corrected chi connectivity index (χ2v) is 35.4. The Kier molecular flexibility index (Phi) is 14.6. The summed E-state index contributed by atoms with van der Waals surface area (Å²) in [7, 11) is 0. The van der Waals surface area contributed by atoms with Gasteiger partial charge >= 0.3 is 0 Å². The molecule has 2 heteroatoms. The van der Waals surface area contributed by atoms with Crippen molar-refractivity contribution >= 4 is 184 Å². The molecule has 0 saturated carbocycles. The average Bonchev–Trinajstić information content (AvgIpc) is 0.747. The van der Waals surface area contributed by atoms with Crippen LogP contribution in [0.3, 0.4) is 0 Å². The van der Waals surface area contributed by atoms with E-state index >= 15 is 0 Å². The van der Waals surface area contributed by atoms with Gasteiger partial charge in [0.05, 0.1) is 41.1 Å². The Hall–Kier alpha value is -18.9. The Labute approximate surface area is 874 Å². The Morgan fingerprint density at radius 3 is 0.819 bits per heavy atom. The molecule has 2 nitrogen and oxygen atoms in total. The van der Waals surface area contributed by atoms with Crippen LogP contribution >= 0.6 is 0 Å². The maximum absolute atomic E-state index is 9.32. The molecule has 30 rings (SSSR count). The summed E-state index contributed by atoms with van der Waals surface area (Å²) in [6.07, 6.45) is 0. The minimum absolute atomic E-state index is 0.190. The molecule has 670 valence electrons. The van der Waals surface area contributed by atoms with Crippen LogP contribution in [0.2, 0.25) is 0 Å². The van der Waals surface area contributed by atoms with Gasteiger partial charge in [-0.2, -0.15) is 0 Å². The summed E-state index contributed by atoms with van der Waals surface area (Å²) in [5.41, 5.74) is 15.0. The fraction of sp³-hybridized carbons (Fsp3) is 0. The highest BCUT2D eigenvalue weighted by Crippen LogP contribution is 2.53. The lowest BCUT2D eigenvalue weighted by Gasteiger charge is -2.19. The molecule has 0 radical (unpaired) electrons. The van der Waals surface area contributed by atoms with Crippen molar-refractivity contribution in [3.05, 3.63) is 545 Å². The van der Waals surface area contributed by atoms with Crippen LogP contribution in [0.15, 0.2) is 554 Å². The van der Waals surface area contributed by atoms with E-state index < -0.39 is 222 Å². The van der Waals surface area contributed by atoms with Crippen molar-refractivity contribution in [3.8, 4) is 100 Å². The predicted octanol–water partition coefficient (Wildman–Crippen LogP) is 40.5. The molecule has 28 aromatic carbocycles. The average molecular weight is 1860 g/mol. The maximum atomic E-state index is 9.32. The summed E-state index contributed by atoms with van der Waals surface area (Å²) < 4.78 is 276. The molecule has 2 aromatic heterocycles. The van der Waals surface area contributed by atoms with Crippen molar-refractivity contribution < 1.29 is 50.0 Å². The van der Waals surface area contributed by atoms with E-state index in [4.69, 9.17) is 43.1 Å². The third kappa shape index (κ3) is 14.6. The highest BCUT2D eigenvalue weighted by atomic mass is 16.3. The van der Waals surface area contributed by atoms with Crippen LogP contribution in [-0.4, -0.2) is 0 Å². The van der Waals surface area contributed by atoms with Crippen LogP contribution in [0.5, 0.6) is 0 Å². The molecule has 0 N–H and O–H groups in total. The quantitative estimate of drug-likeness (QED) is 0.135. The van der Waals surface area contributed by atoms with Crippen LogP contribution in [0.4, 0.5) is 0 Å². The topological polar surface area (TPSA) is 26.3 Å². The molecule has 0 aliphatic heterocycles. The van der Waals surface area contributed by atoms with Crippen molar-refractivity contribution in [1.82, 2.24) is 0 Å². The van der Waals surface area contributed by atoms with Gasteiger partial charge in [-0.1, -0.05) is 491 Å². The van der Waals surface area contributed by atoms with Crippen molar-refractivity contribution in [2.45, 2.75) is 0 Å². The fourth-order valence-electron chi connectivity index (χ4n) is 21.2. The number of benzene rings is 28. The van der Waals surface area contributed by atoms with Gasteiger partial charge in [0, 0.05) is 21.5 Å². The largest absolute Gasteiger partial charge is 0.456 e. The van der Waals surface area contributed by atoms with Gasteiger partial charge in [-0.05, 0) is 295 Å². The van der Waals surface area contributed by atoms with E-state index in [1.165, 1.54) is 120 Å². The van der Waals surface area contributed by atoms with E-state index in [2.05, 4.69) is 279 Å². The third-order valence-corrected chi connectivity index (χ3v) is 27.4. The fourth-order valence-corrected chi connectivity index (χ4v) is 21.2. The molecule has 0 bridgehead atoms. The van der Waals surface area contributed by atoms with Gasteiger partial charge in [-0.3, -0.25) is 0 Å². The molecule has 0 amide bonds. The zero-order valence-corrected chi connectivity index (χ0v) is 76.5. The minimum Gasteiger partial charge on any atom is -0.456 e. The second-order valence-electron chi connectivity index (χ2n) is 35.4. The van der Waals surface area contributed by atoms with Crippen LogP contribution in [0.25, 0.3) is 284 Å². The first-order valence-corrected chi connectivity index (χ1v) is 47.2. The lowest BCUT2D eigenvalue weighted by Crippen LogP contribution is -1.92. The summed E-state index contributed by atoms with van der Waals surface area (Å²) in [4.78, 5) is 0. The summed E-state index contributed by atoms with van der Waals surface area (Å²) in [5, 5.41) is 17.2. The monoisotopic (exact) mass is 1860 g/mol. The van der Waals surface area contributed by atoms with Crippen LogP contribution in [0.1, 0.15) is 41.1 Å².